The van der Waals surface area contributed by atoms with E-state index in [1.54, 1.807) is 11.8 Å². The number of thioether (sulfide) groups is 1. The van der Waals surface area contributed by atoms with Crippen LogP contribution in [0.15, 0.2) is 59.8 Å². The van der Waals surface area contributed by atoms with Gasteiger partial charge in [-0.2, -0.15) is 0 Å². The average molecular weight is 306 g/mol. The smallest absolute Gasteiger partial charge is 0.0795 e. The summed E-state index contributed by atoms with van der Waals surface area (Å²) in [6.45, 7) is 4.07. The molecule has 1 aromatic carbocycles. The first kappa shape index (κ1) is 14.8. The first-order chi connectivity index (χ1) is 10.7. The molecule has 2 heterocycles. The summed E-state index contributed by atoms with van der Waals surface area (Å²) in [5.41, 5.74) is 6.54. The van der Waals surface area contributed by atoms with Crippen LogP contribution in [0.1, 0.15) is 11.3 Å². The summed E-state index contributed by atoms with van der Waals surface area (Å²) in [5.74, 6) is 0. The molecule has 0 bridgehead atoms. The maximum absolute atomic E-state index is 4.65. The average Bonchev–Trinajstić information content (AvgIpc) is 2.56. The Morgan fingerprint density at radius 1 is 0.818 bits per heavy atom. The highest BCUT2D eigenvalue weighted by molar-refractivity contribution is 7.98. The van der Waals surface area contributed by atoms with E-state index in [1.165, 1.54) is 10.5 Å². The molecule has 110 valence electrons. The lowest BCUT2D eigenvalue weighted by atomic mass is 9.99. The van der Waals surface area contributed by atoms with E-state index in [1.807, 2.05) is 25.4 Å². The third-order valence-corrected chi connectivity index (χ3v) is 4.35. The van der Waals surface area contributed by atoms with Crippen molar-refractivity contribution in [2.24, 2.45) is 0 Å². The molecule has 0 saturated heterocycles. The van der Waals surface area contributed by atoms with E-state index in [0.29, 0.717) is 0 Å². The van der Waals surface area contributed by atoms with Gasteiger partial charge in [-0.3, -0.25) is 9.97 Å². The van der Waals surface area contributed by atoms with Gasteiger partial charge in [0.1, 0.15) is 0 Å². The Bertz CT molecular complexity index is 778. The minimum Gasteiger partial charge on any atom is -0.261 e. The third kappa shape index (κ3) is 3.04. The third-order valence-electron chi connectivity index (χ3n) is 3.61. The molecular formula is C19H18N2S. The van der Waals surface area contributed by atoms with Gasteiger partial charge in [0.2, 0.25) is 0 Å². The lowest BCUT2D eigenvalue weighted by Gasteiger charge is -2.11. The summed E-state index contributed by atoms with van der Waals surface area (Å²) in [4.78, 5) is 10.3. The largest absolute Gasteiger partial charge is 0.261 e. The predicted molar refractivity (Wildman–Crippen MR) is 94.2 cm³/mol. The molecular weight excluding hydrogens is 288 g/mol. The van der Waals surface area contributed by atoms with Crippen molar-refractivity contribution in [2.75, 3.05) is 6.26 Å². The van der Waals surface area contributed by atoms with Crippen LogP contribution in [0, 0.1) is 13.8 Å². The van der Waals surface area contributed by atoms with Crippen molar-refractivity contribution in [1.82, 2.24) is 9.97 Å². The normalized spacial score (nSPS) is 10.7. The molecule has 0 aliphatic carbocycles. The number of aryl methyl sites for hydroxylation is 2. The molecule has 2 aromatic heterocycles. The molecule has 0 N–H and O–H groups in total. The topological polar surface area (TPSA) is 25.8 Å². The second-order valence-corrected chi connectivity index (χ2v) is 6.21. The number of pyridine rings is 2. The molecule has 0 fully saturated rings. The van der Waals surface area contributed by atoms with Gasteiger partial charge in [0.15, 0.2) is 0 Å². The summed E-state index contributed by atoms with van der Waals surface area (Å²) in [7, 11) is 0. The Morgan fingerprint density at radius 2 is 1.55 bits per heavy atom. The zero-order valence-corrected chi connectivity index (χ0v) is 13.8. The molecule has 3 heteroatoms. The van der Waals surface area contributed by atoms with Gasteiger partial charge in [-0.25, -0.2) is 0 Å². The highest BCUT2D eigenvalue weighted by Crippen LogP contribution is 2.31. The highest BCUT2D eigenvalue weighted by atomic mass is 32.2. The maximum Gasteiger partial charge on any atom is 0.0795 e. The van der Waals surface area contributed by atoms with Crippen LogP contribution in [-0.4, -0.2) is 16.2 Å². The van der Waals surface area contributed by atoms with Crippen molar-refractivity contribution in [3.8, 4) is 22.4 Å². The van der Waals surface area contributed by atoms with Crippen molar-refractivity contribution >= 4 is 11.8 Å². The molecule has 0 aliphatic heterocycles. The fourth-order valence-corrected chi connectivity index (χ4v) is 2.81. The van der Waals surface area contributed by atoms with E-state index in [4.69, 9.17) is 0 Å². The monoisotopic (exact) mass is 306 g/mol. The van der Waals surface area contributed by atoms with E-state index in [0.717, 1.165) is 28.1 Å². The lowest BCUT2D eigenvalue weighted by molar-refractivity contribution is 1.19. The molecule has 0 atom stereocenters. The van der Waals surface area contributed by atoms with E-state index < -0.39 is 0 Å². The predicted octanol–water partition coefficient (Wildman–Crippen LogP) is 5.15. The fourth-order valence-electron chi connectivity index (χ4n) is 2.40. The van der Waals surface area contributed by atoms with Crippen LogP contribution in [-0.2, 0) is 0 Å². The molecule has 22 heavy (non-hydrogen) atoms. The standard InChI is InChI=1S/C19H18N2S/c1-13-10-18(15-6-8-17(22-3)9-7-15)19(21-11-13)16-5-4-14(2)20-12-16/h4-12H,1-3H3. The molecule has 0 unspecified atom stereocenters. The number of rotatable bonds is 3. The van der Waals surface area contributed by atoms with Crippen molar-refractivity contribution in [3.05, 3.63) is 66.1 Å². The first-order valence-corrected chi connectivity index (χ1v) is 8.44. The van der Waals surface area contributed by atoms with Crippen LogP contribution in [0.4, 0.5) is 0 Å². The summed E-state index contributed by atoms with van der Waals surface area (Å²) < 4.78 is 0. The van der Waals surface area contributed by atoms with E-state index >= 15 is 0 Å². The lowest BCUT2D eigenvalue weighted by Crippen LogP contribution is -1.92. The maximum atomic E-state index is 4.65. The summed E-state index contributed by atoms with van der Waals surface area (Å²) in [5, 5.41) is 0. The van der Waals surface area contributed by atoms with Crippen LogP contribution in [0.2, 0.25) is 0 Å². The quantitative estimate of drug-likeness (QED) is 0.626. The minimum atomic E-state index is 0.981. The zero-order valence-electron chi connectivity index (χ0n) is 13.0. The summed E-state index contributed by atoms with van der Waals surface area (Å²) >= 11 is 1.75. The van der Waals surface area contributed by atoms with Crippen LogP contribution >= 0.6 is 11.8 Å². The second-order valence-electron chi connectivity index (χ2n) is 5.33. The van der Waals surface area contributed by atoms with Gasteiger partial charge >= 0.3 is 0 Å². The number of hydrogen-bond donors (Lipinski definition) is 0. The molecule has 0 aliphatic rings. The van der Waals surface area contributed by atoms with Crippen molar-refractivity contribution < 1.29 is 0 Å². The number of aromatic nitrogens is 2. The van der Waals surface area contributed by atoms with E-state index in [2.05, 4.69) is 59.5 Å². The fraction of sp³-hybridized carbons (Fsp3) is 0.158. The molecule has 0 radical (unpaired) electrons. The SMILES string of the molecule is CSc1ccc(-c2cc(C)cnc2-c2ccc(C)nc2)cc1. The molecule has 0 spiro atoms. The Balaban J connectivity index is 2.13. The Kier molecular flexibility index (Phi) is 4.25. The molecule has 3 aromatic rings. The summed E-state index contributed by atoms with van der Waals surface area (Å²) in [6.07, 6.45) is 5.90. The van der Waals surface area contributed by atoms with Crippen LogP contribution in [0.3, 0.4) is 0 Å². The Hall–Kier alpha value is -2.13. The number of nitrogens with zero attached hydrogens (tertiary/aromatic N) is 2. The summed E-state index contributed by atoms with van der Waals surface area (Å²) in [6, 6.07) is 14.9. The second kappa shape index (κ2) is 6.32. The molecule has 0 saturated carbocycles. The van der Waals surface area contributed by atoms with Crippen LogP contribution in [0.5, 0.6) is 0 Å². The highest BCUT2D eigenvalue weighted by Gasteiger charge is 2.10. The van der Waals surface area contributed by atoms with Gasteiger partial charge in [0.05, 0.1) is 5.69 Å². The van der Waals surface area contributed by atoms with Gasteiger partial charge < -0.3 is 0 Å². The number of hydrogen-bond acceptors (Lipinski definition) is 3. The van der Waals surface area contributed by atoms with Gasteiger partial charge in [-0.15, -0.1) is 11.8 Å². The molecule has 2 nitrogen and oxygen atoms in total. The van der Waals surface area contributed by atoms with Gasteiger partial charge in [0, 0.05) is 34.1 Å². The van der Waals surface area contributed by atoms with Crippen molar-refractivity contribution in [3.63, 3.8) is 0 Å². The zero-order chi connectivity index (χ0) is 15.5. The first-order valence-electron chi connectivity index (χ1n) is 7.21. The van der Waals surface area contributed by atoms with Crippen molar-refractivity contribution in [1.29, 1.82) is 0 Å². The Morgan fingerprint density at radius 3 is 2.18 bits per heavy atom. The molecule has 3 rings (SSSR count). The number of benzene rings is 1. The van der Waals surface area contributed by atoms with Crippen LogP contribution in [0.25, 0.3) is 22.4 Å². The Labute approximate surface area is 135 Å². The van der Waals surface area contributed by atoms with E-state index in [-0.39, 0.29) is 0 Å². The van der Waals surface area contributed by atoms with Gasteiger partial charge in [-0.05, 0) is 61.6 Å². The molecule has 0 amide bonds. The van der Waals surface area contributed by atoms with Gasteiger partial charge in [0.25, 0.3) is 0 Å². The van der Waals surface area contributed by atoms with Crippen LogP contribution < -0.4 is 0 Å². The van der Waals surface area contributed by atoms with Gasteiger partial charge in [-0.1, -0.05) is 12.1 Å². The van der Waals surface area contributed by atoms with E-state index in [9.17, 15) is 0 Å². The minimum absolute atomic E-state index is 0.981. The van der Waals surface area contributed by atoms with Crippen molar-refractivity contribution in [2.45, 2.75) is 18.7 Å².